The lowest BCUT2D eigenvalue weighted by atomic mass is 9.75. The standard InChI is InChI=1S/C16H24N4S/c1-4-17-15-19-13(12-7-9-21-14(12)20-15)18-11-6-5-8-16(2,3)10-11/h7,9,11H,4-6,8,10H2,1-3H3,(H2,17,18,19,20). The van der Waals surface area contributed by atoms with Gasteiger partial charge >= 0.3 is 0 Å². The van der Waals surface area contributed by atoms with Gasteiger partial charge in [-0.2, -0.15) is 4.98 Å². The van der Waals surface area contributed by atoms with Gasteiger partial charge in [0.25, 0.3) is 0 Å². The zero-order valence-corrected chi connectivity index (χ0v) is 13.9. The molecule has 1 fully saturated rings. The van der Waals surface area contributed by atoms with Crippen molar-refractivity contribution in [3.63, 3.8) is 0 Å². The van der Waals surface area contributed by atoms with Gasteiger partial charge in [-0.3, -0.25) is 0 Å². The number of aromatic nitrogens is 2. The van der Waals surface area contributed by atoms with Crippen LogP contribution in [0.5, 0.6) is 0 Å². The highest BCUT2D eigenvalue weighted by molar-refractivity contribution is 7.16. The third-order valence-electron chi connectivity index (χ3n) is 4.21. The normalized spacial score (nSPS) is 21.4. The molecule has 2 aromatic heterocycles. The molecule has 114 valence electrons. The Kier molecular flexibility index (Phi) is 4.02. The van der Waals surface area contributed by atoms with E-state index < -0.39 is 0 Å². The van der Waals surface area contributed by atoms with E-state index in [9.17, 15) is 0 Å². The molecule has 1 aliphatic carbocycles. The molecule has 0 aliphatic heterocycles. The quantitative estimate of drug-likeness (QED) is 0.873. The number of rotatable bonds is 4. The first kappa shape index (κ1) is 14.6. The van der Waals surface area contributed by atoms with Crippen LogP contribution >= 0.6 is 11.3 Å². The molecule has 0 amide bonds. The molecule has 0 spiro atoms. The molecular weight excluding hydrogens is 280 g/mol. The molecule has 2 heterocycles. The number of fused-ring (bicyclic) bond motifs is 1. The first-order valence-electron chi connectivity index (χ1n) is 7.83. The second kappa shape index (κ2) is 5.79. The summed E-state index contributed by atoms with van der Waals surface area (Å²) >= 11 is 1.67. The van der Waals surface area contributed by atoms with E-state index in [-0.39, 0.29) is 0 Å². The van der Waals surface area contributed by atoms with Gasteiger partial charge < -0.3 is 10.6 Å². The number of hydrogen-bond acceptors (Lipinski definition) is 5. The number of nitrogens with one attached hydrogen (secondary N) is 2. The van der Waals surface area contributed by atoms with Gasteiger partial charge in [0, 0.05) is 12.6 Å². The molecule has 2 N–H and O–H groups in total. The Bertz CT molecular complexity index is 620. The van der Waals surface area contributed by atoms with Gasteiger partial charge in [-0.15, -0.1) is 11.3 Å². The van der Waals surface area contributed by atoms with Gasteiger partial charge in [-0.1, -0.05) is 20.3 Å². The van der Waals surface area contributed by atoms with Crippen molar-refractivity contribution in [2.24, 2.45) is 5.41 Å². The van der Waals surface area contributed by atoms with Crippen molar-refractivity contribution in [3.05, 3.63) is 11.4 Å². The summed E-state index contributed by atoms with van der Waals surface area (Å²) in [4.78, 5) is 10.3. The summed E-state index contributed by atoms with van der Waals surface area (Å²) in [6, 6.07) is 2.63. The van der Waals surface area contributed by atoms with E-state index in [1.165, 1.54) is 25.7 Å². The van der Waals surface area contributed by atoms with Crippen LogP contribution in [0.25, 0.3) is 10.2 Å². The number of nitrogens with zero attached hydrogens (tertiary/aromatic N) is 2. The van der Waals surface area contributed by atoms with Gasteiger partial charge in [-0.05, 0) is 43.0 Å². The predicted octanol–water partition coefficient (Wildman–Crippen LogP) is 4.50. The topological polar surface area (TPSA) is 49.8 Å². The van der Waals surface area contributed by atoms with Crippen molar-refractivity contribution >= 4 is 33.3 Å². The van der Waals surface area contributed by atoms with Crippen LogP contribution in [-0.2, 0) is 0 Å². The molecule has 2 aromatic rings. The summed E-state index contributed by atoms with van der Waals surface area (Å²) in [5.41, 5.74) is 0.432. The minimum absolute atomic E-state index is 0.432. The fraction of sp³-hybridized carbons (Fsp3) is 0.625. The van der Waals surface area contributed by atoms with E-state index in [1.54, 1.807) is 11.3 Å². The Hall–Kier alpha value is -1.36. The third kappa shape index (κ3) is 3.28. The maximum Gasteiger partial charge on any atom is 0.226 e. The summed E-state index contributed by atoms with van der Waals surface area (Å²) in [7, 11) is 0. The molecule has 0 radical (unpaired) electrons. The molecule has 4 nitrogen and oxygen atoms in total. The van der Waals surface area contributed by atoms with Crippen LogP contribution in [0.15, 0.2) is 11.4 Å². The summed E-state index contributed by atoms with van der Waals surface area (Å²) < 4.78 is 0. The van der Waals surface area contributed by atoms with E-state index in [0.29, 0.717) is 11.5 Å². The average molecular weight is 304 g/mol. The number of hydrogen-bond donors (Lipinski definition) is 2. The van der Waals surface area contributed by atoms with E-state index >= 15 is 0 Å². The Labute approximate surface area is 130 Å². The molecule has 0 aromatic carbocycles. The first-order chi connectivity index (χ1) is 10.1. The predicted molar refractivity (Wildman–Crippen MR) is 91.2 cm³/mol. The summed E-state index contributed by atoms with van der Waals surface area (Å²) in [6.07, 6.45) is 5.06. The number of anilines is 2. The minimum atomic E-state index is 0.432. The highest BCUT2D eigenvalue weighted by atomic mass is 32.1. The van der Waals surface area contributed by atoms with Crippen LogP contribution in [-0.4, -0.2) is 22.6 Å². The minimum Gasteiger partial charge on any atom is -0.367 e. The summed E-state index contributed by atoms with van der Waals surface area (Å²) in [5, 5.41) is 10.1. The fourth-order valence-electron chi connectivity index (χ4n) is 3.22. The van der Waals surface area contributed by atoms with E-state index in [0.717, 1.165) is 28.5 Å². The fourth-order valence-corrected chi connectivity index (χ4v) is 3.98. The third-order valence-corrected chi connectivity index (χ3v) is 5.01. The van der Waals surface area contributed by atoms with Crippen LogP contribution in [0.2, 0.25) is 0 Å². The smallest absolute Gasteiger partial charge is 0.226 e. The van der Waals surface area contributed by atoms with Gasteiger partial charge in [0.05, 0.1) is 5.39 Å². The monoisotopic (exact) mass is 304 g/mol. The highest BCUT2D eigenvalue weighted by Gasteiger charge is 2.28. The molecule has 5 heteroatoms. The van der Waals surface area contributed by atoms with Crippen LogP contribution in [0, 0.1) is 5.41 Å². The van der Waals surface area contributed by atoms with Crippen molar-refractivity contribution in [2.45, 2.75) is 52.5 Å². The molecule has 1 atom stereocenters. The van der Waals surface area contributed by atoms with Crippen LogP contribution in [0.4, 0.5) is 11.8 Å². The van der Waals surface area contributed by atoms with Crippen molar-refractivity contribution in [2.75, 3.05) is 17.2 Å². The van der Waals surface area contributed by atoms with Crippen LogP contribution in [0.1, 0.15) is 46.5 Å². The van der Waals surface area contributed by atoms with E-state index in [4.69, 9.17) is 0 Å². The first-order valence-corrected chi connectivity index (χ1v) is 8.71. The van der Waals surface area contributed by atoms with Gasteiger partial charge in [0.15, 0.2) is 0 Å². The molecule has 1 aliphatic rings. The Morgan fingerprint density at radius 1 is 1.38 bits per heavy atom. The lowest BCUT2D eigenvalue weighted by Crippen LogP contribution is -2.32. The summed E-state index contributed by atoms with van der Waals surface area (Å²) in [5.74, 6) is 1.71. The van der Waals surface area contributed by atoms with Gasteiger partial charge in [0.1, 0.15) is 10.6 Å². The molecule has 0 bridgehead atoms. The Morgan fingerprint density at radius 3 is 3.00 bits per heavy atom. The Balaban J connectivity index is 1.86. The zero-order chi connectivity index (χ0) is 14.9. The zero-order valence-electron chi connectivity index (χ0n) is 13.1. The Morgan fingerprint density at radius 2 is 2.24 bits per heavy atom. The lowest BCUT2D eigenvalue weighted by Gasteiger charge is -2.35. The van der Waals surface area contributed by atoms with E-state index in [2.05, 4.69) is 52.8 Å². The van der Waals surface area contributed by atoms with Crippen molar-refractivity contribution in [1.82, 2.24) is 9.97 Å². The van der Waals surface area contributed by atoms with Crippen molar-refractivity contribution in [1.29, 1.82) is 0 Å². The molecule has 3 rings (SSSR count). The molecule has 1 unspecified atom stereocenters. The molecule has 0 saturated heterocycles. The SMILES string of the molecule is CCNc1nc(NC2CCCC(C)(C)C2)c2ccsc2n1. The van der Waals surface area contributed by atoms with Crippen molar-refractivity contribution in [3.8, 4) is 0 Å². The maximum atomic E-state index is 4.68. The maximum absolute atomic E-state index is 4.68. The van der Waals surface area contributed by atoms with Crippen LogP contribution in [0.3, 0.4) is 0 Å². The highest BCUT2D eigenvalue weighted by Crippen LogP contribution is 2.37. The van der Waals surface area contributed by atoms with Gasteiger partial charge in [-0.25, -0.2) is 4.98 Å². The van der Waals surface area contributed by atoms with E-state index in [1.807, 2.05) is 0 Å². The molecule has 21 heavy (non-hydrogen) atoms. The largest absolute Gasteiger partial charge is 0.367 e. The number of thiophene rings is 1. The molecule has 1 saturated carbocycles. The van der Waals surface area contributed by atoms with Gasteiger partial charge in [0.2, 0.25) is 5.95 Å². The summed E-state index contributed by atoms with van der Waals surface area (Å²) in [6.45, 7) is 7.64. The second-order valence-corrected chi connectivity index (χ2v) is 7.56. The van der Waals surface area contributed by atoms with Crippen molar-refractivity contribution < 1.29 is 0 Å². The van der Waals surface area contributed by atoms with Crippen LogP contribution < -0.4 is 10.6 Å². The molecular formula is C16H24N4S. The average Bonchev–Trinajstić information content (AvgIpc) is 2.86. The second-order valence-electron chi connectivity index (χ2n) is 6.67. The lowest BCUT2D eigenvalue weighted by molar-refractivity contribution is 0.229.